The topological polar surface area (TPSA) is 91.3 Å². The predicted octanol–water partition coefficient (Wildman–Crippen LogP) is 4.95. The average molecular weight is 443 g/mol. The number of cyclic esters (lactones) is 1. The van der Waals surface area contributed by atoms with Gasteiger partial charge in [-0.1, -0.05) is 32.9 Å². The molecule has 0 spiro atoms. The van der Waals surface area contributed by atoms with Gasteiger partial charge in [0.2, 0.25) is 5.75 Å². The Morgan fingerprint density at radius 1 is 1.03 bits per heavy atom. The third-order valence-corrected chi connectivity index (χ3v) is 6.78. The number of carboxylic acids is 1. The number of benzene rings is 2. The monoisotopic (exact) mass is 442 g/mol. The predicted molar refractivity (Wildman–Crippen MR) is 119 cm³/mol. The standard InChI is InChI=1S/C25H30O7/c1-7-25(4,23(27)28)24(2,3)14-32-20-16(11-12-19(29-5)21(20)30-6)15-9-8-10-17-18(15)13-31-22(17)26/h8-12H,7,13-14H2,1-6H3,(H,27,28). The molecule has 0 aromatic heterocycles. The SMILES string of the molecule is CCC(C)(C(=O)O)C(C)(C)COc1c(-c2cccc3c2COC3=O)ccc(OC)c1OC. The van der Waals surface area contributed by atoms with Gasteiger partial charge in [-0.05, 0) is 37.1 Å². The van der Waals surface area contributed by atoms with Crippen LogP contribution >= 0.6 is 0 Å². The van der Waals surface area contributed by atoms with E-state index in [2.05, 4.69) is 0 Å². The van der Waals surface area contributed by atoms with Crippen molar-refractivity contribution in [3.8, 4) is 28.4 Å². The van der Waals surface area contributed by atoms with E-state index >= 15 is 0 Å². The average Bonchev–Trinajstić information content (AvgIpc) is 3.17. The van der Waals surface area contributed by atoms with Crippen molar-refractivity contribution in [2.75, 3.05) is 20.8 Å². The first-order valence-corrected chi connectivity index (χ1v) is 10.5. The Hall–Kier alpha value is -3.22. The van der Waals surface area contributed by atoms with Gasteiger partial charge in [0, 0.05) is 16.5 Å². The summed E-state index contributed by atoms with van der Waals surface area (Å²) in [5, 5.41) is 9.87. The largest absolute Gasteiger partial charge is 0.493 e. The summed E-state index contributed by atoms with van der Waals surface area (Å²) >= 11 is 0. The summed E-state index contributed by atoms with van der Waals surface area (Å²) in [7, 11) is 3.06. The summed E-state index contributed by atoms with van der Waals surface area (Å²) in [6, 6.07) is 9.05. The van der Waals surface area contributed by atoms with Gasteiger partial charge in [0.15, 0.2) is 11.5 Å². The number of carboxylic acid groups (broad SMARTS) is 1. The van der Waals surface area contributed by atoms with Crippen molar-refractivity contribution < 1.29 is 33.6 Å². The molecule has 1 heterocycles. The summed E-state index contributed by atoms with van der Waals surface area (Å²) in [6.45, 7) is 7.65. The first kappa shape index (κ1) is 23.4. The fourth-order valence-electron chi connectivity index (χ4n) is 3.99. The molecule has 7 nitrogen and oxygen atoms in total. The smallest absolute Gasteiger partial charge is 0.338 e. The lowest BCUT2D eigenvalue weighted by Crippen LogP contribution is -2.45. The van der Waals surface area contributed by atoms with Gasteiger partial charge in [0.25, 0.3) is 0 Å². The Kier molecular flexibility index (Phi) is 6.39. The number of esters is 1. The molecule has 172 valence electrons. The minimum atomic E-state index is -0.993. The van der Waals surface area contributed by atoms with E-state index in [4.69, 9.17) is 18.9 Å². The van der Waals surface area contributed by atoms with Gasteiger partial charge in [-0.2, -0.15) is 0 Å². The third-order valence-electron chi connectivity index (χ3n) is 6.78. The molecular weight excluding hydrogens is 412 g/mol. The molecule has 3 rings (SSSR count). The van der Waals surface area contributed by atoms with Crippen molar-refractivity contribution in [1.82, 2.24) is 0 Å². The van der Waals surface area contributed by atoms with Gasteiger partial charge in [0.1, 0.15) is 6.61 Å². The fraction of sp³-hybridized carbons (Fsp3) is 0.440. The van der Waals surface area contributed by atoms with Crippen LogP contribution < -0.4 is 14.2 Å². The van der Waals surface area contributed by atoms with E-state index in [1.54, 1.807) is 25.1 Å². The minimum Gasteiger partial charge on any atom is -0.493 e. The molecule has 32 heavy (non-hydrogen) atoms. The Morgan fingerprint density at radius 3 is 2.31 bits per heavy atom. The number of aliphatic carboxylic acids is 1. The minimum absolute atomic E-state index is 0.130. The molecule has 0 bridgehead atoms. The Balaban J connectivity index is 2.12. The van der Waals surface area contributed by atoms with Crippen molar-refractivity contribution in [3.63, 3.8) is 0 Å². The number of ether oxygens (including phenoxy) is 4. The molecule has 0 radical (unpaired) electrons. The third kappa shape index (κ3) is 3.76. The second kappa shape index (κ2) is 8.73. The van der Waals surface area contributed by atoms with Crippen LogP contribution in [0.3, 0.4) is 0 Å². The lowest BCUT2D eigenvalue weighted by Gasteiger charge is -2.40. The van der Waals surface area contributed by atoms with Crippen molar-refractivity contribution >= 4 is 11.9 Å². The normalized spacial score (nSPS) is 14.9. The van der Waals surface area contributed by atoms with Crippen LogP contribution in [0.4, 0.5) is 0 Å². The van der Waals surface area contributed by atoms with Gasteiger partial charge in [0.05, 0.1) is 31.8 Å². The zero-order valence-corrected chi connectivity index (χ0v) is 19.4. The summed E-state index contributed by atoms with van der Waals surface area (Å²) in [5.74, 6) is 0.0863. The zero-order chi connectivity index (χ0) is 23.7. The van der Waals surface area contributed by atoms with Gasteiger partial charge in [-0.3, -0.25) is 4.79 Å². The number of carbonyl (C=O) groups is 2. The second-order valence-corrected chi connectivity index (χ2v) is 8.75. The molecule has 1 N–H and O–H groups in total. The highest BCUT2D eigenvalue weighted by Crippen LogP contribution is 2.48. The van der Waals surface area contributed by atoms with E-state index in [-0.39, 0.29) is 19.2 Å². The van der Waals surface area contributed by atoms with Crippen LogP contribution in [0.1, 0.15) is 50.0 Å². The molecule has 2 aromatic rings. The van der Waals surface area contributed by atoms with Crippen LogP contribution in [0.15, 0.2) is 30.3 Å². The van der Waals surface area contributed by atoms with Crippen LogP contribution in [0, 0.1) is 10.8 Å². The first-order chi connectivity index (χ1) is 15.1. The quantitative estimate of drug-likeness (QED) is 0.550. The summed E-state index contributed by atoms with van der Waals surface area (Å²) < 4.78 is 22.6. The molecule has 0 saturated carbocycles. The van der Waals surface area contributed by atoms with Crippen LogP contribution in [-0.2, 0) is 16.1 Å². The molecule has 0 saturated heterocycles. The van der Waals surface area contributed by atoms with Crippen molar-refractivity contribution in [1.29, 1.82) is 0 Å². The van der Waals surface area contributed by atoms with Crippen LogP contribution in [-0.4, -0.2) is 37.9 Å². The van der Waals surface area contributed by atoms with Crippen molar-refractivity contribution in [3.05, 3.63) is 41.5 Å². The number of hydrogen-bond acceptors (Lipinski definition) is 6. The van der Waals surface area contributed by atoms with Crippen molar-refractivity contribution in [2.45, 2.75) is 40.7 Å². The number of carbonyl (C=O) groups excluding carboxylic acids is 1. The van der Waals surface area contributed by atoms with E-state index in [9.17, 15) is 14.7 Å². The number of fused-ring (bicyclic) bond motifs is 1. The molecule has 1 unspecified atom stereocenters. The molecule has 1 aliphatic heterocycles. The summed E-state index contributed by atoms with van der Waals surface area (Å²) in [5.41, 5.74) is 1.11. The fourth-order valence-corrected chi connectivity index (χ4v) is 3.99. The van der Waals surface area contributed by atoms with Crippen molar-refractivity contribution in [2.24, 2.45) is 10.8 Å². The number of hydrogen-bond donors (Lipinski definition) is 1. The molecule has 7 heteroatoms. The Labute approximate surface area is 188 Å². The molecule has 0 amide bonds. The van der Waals surface area contributed by atoms with Gasteiger partial charge >= 0.3 is 11.9 Å². The van der Waals surface area contributed by atoms with E-state index in [1.165, 1.54) is 14.2 Å². The maximum Gasteiger partial charge on any atom is 0.338 e. The molecular formula is C25H30O7. The zero-order valence-electron chi connectivity index (χ0n) is 19.4. The molecule has 0 aliphatic carbocycles. The maximum atomic E-state index is 12.1. The molecule has 1 aliphatic rings. The van der Waals surface area contributed by atoms with Crippen LogP contribution in [0.2, 0.25) is 0 Å². The van der Waals surface area contributed by atoms with Crippen LogP contribution in [0.5, 0.6) is 17.2 Å². The number of rotatable bonds is 9. The summed E-state index contributed by atoms with van der Waals surface area (Å²) in [6.07, 6.45) is 0.451. The second-order valence-electron chi connectivity index (χ2n) is 8.75. The van der Waals surface area contributed by atoms with Gasteiger partial charge in [-0.25, -0.2) is 4.79 Å². The number of methoxy groups -OCH3 is 2. The highest BCUT2D eigenvalue weighted by molar-refractivity contribution is 5.96. The molecule has 1 atom stereocenters. The highest BCUT2D eigenvalue weighted by atomic mass is 16.5. The lowest BCUT2D eigenvalue weighted by molar-refractivity contribution is -0.157. The highest BCUT2D eigenvalue weighted by Gasteiger charge is 2.47. The molecule has 0 fully saturated rings. The van der Waals surface area contributed by atoms with Crippen LogP contribution in [0.25, 0.3) is 11.1 Å². The lowest BCUT2D eigenvalue weighted by atomic mass is 9.65. The van der Waals surface area contributed by atoms with E-state index < -0.39 is 16.8 Å². The Bertz CT molecular complexity index is 1040. The van der Waals surface area contributed by atoms with E-state index in [0.717, 1.165) is 11.1 Å². The summed E-state index contributed by atoms with van der Waals surface area (Å²) in [4.78, 5) is 24.1. The molecule has 2 aromatic carbocycles. The maximum absolute atomic E-state index is 12.1. The van der Waals surface area contributed by atoms with Gasteiger partial charge < -0.3 is 24.1 Å². The Morgan fingerprint density at radius 2 is 1.72 bits per heavy atom. The van der Waals surface area contributed by atoms with E-state index in [0.29, 0.717) is 34.8 Å². The van der Waals surface area contributed by atoms with E-state index in [1.807, 2.05) is 32.9 Å². The van der Waals surface area contributed by atoms with Gasteiger partial charge in [-0.15, -0.1) is 0 Å². The first-order valence-electron chi connectivity index (χ1n) is 10.5.